The number of aromatic nitrogens is 4. The Morgan fingerprint density at radius 1 is 1.16 bits per heavy atom. The molecule has 0 bridgehead atoms. The maximum atomic E-state index is 13.5. The maximum absolute atomic E-state index is 13.5. The van der Waals surface area contributed by atoms with Gasteiger partial charge in [0.1, 0.15) is 11.6 Å². The van der Waals surface area contributed by atoms with E-state index in [0.29, 0.717) is 41.2 Å². The van der Waals surface area contributed by atoms with E-state index < -0.39 is 7.12 Å². The van der Waals surface area contributed by atoms with Crippen molar-refractivity contribution in [2.45, 2.75) is 19.5 Å². The van der Waals surface area contributed by atoms with Crippen LogP contribution in [0.3, 0.4) is 0 Å². The molecule has 10 heteroatoms. The normalized spacial score (nSPS) is 13.3. The first-order valence-electron chi connectivity index (χ1n) is 10.0. The van der Waals surface area contributed by atoms with Gasteiger partial charge in [-0.1, -0.05) is 24.3 Å². The van der Waals surface area contributed by atoms with E-state index in [1.807, 2.05) is 12.1 Å². The van der Waals surface area contributed by atoms with Crippen LogP contribution in [0.25, 0.3) is 16.9 Å². The number of nitrogens with one attached hydrogen (secondary N) is 2. The van der Waals surface area contributed by atoms with Crippen LogP contribution < -0.4 is 16.1 Å². The molecule has 2 aromatic carbocycles. The summed E-state index contributed by atoms with van der Waals surface area (Å²) in [6.45, 7) is 1.87. The van der Waals surface area contributed by atoms with Crippen LogP contribution in [0.1, 0.15) is 16.8 Å². The number of benzene rings is 2. The first-order chi connectivity index (χ1) is 15.1. The van der Waals surface area contributed by atoms with E-state index in [2.05, 4.69) is 15.7 Å². The molecular weight excluding hydrogens is 398 g/mol. The van der Waals surface area contributed by atoms with Crippen LogP contribution in [0.15, 0.2) is 48.7 Å². The van der Waals surface area contributed by atoms with Crippen molar-refractivity contribution in [1.29, 1.82) is 0 Å². The van der Waals surface area contributed by atoms with Crippen molar-refractivity contribution < 1.29 is 14.4 Å². The lowest BCUT2D eigenvalue weighted by atomic mass is 9.78. The zero-order valence-corrected chi connectivity index (χ0v) is 16.6. The summed E-state index contributed by atoms with van der Waals surface area (Å²) in [5.74, 6) is 0.775. The van der Waals surface area contributed by atoms with Gasteiger partial charge < -0.3 is 20.7 Å². The van der Waals surface area contributed by atoms with Crippen LogP contribution in [0.4, 0.5) is 10.2 Å². The molecule has 0 spiro atoms. The smallest absolute Gasteiger partial charge is 0.423 e. The summed E-state index contributed by atoms with van der Waals surface area (Å²) >= 11 is 0. The van der Waals surface area contributed by atoms with Crippen molar-refractivity contribution in [1.82, 2.24) is 25.1 Å². The number of fused-ring (bicyclic) bond motifs is 2. The lowest BCUT2D eigenvalue weighted by Crippen LogP contribution is -2.30. The van der Waals surface area contributed by atoms with Gasteiger partial charge in [-0.3, -0.25) is 0 Å². The average Bonchev–Trinajstić information content (AvgIpc) is 3.21. The average molecular weight is 418 g/mol. The molecular formula is C21H20BFN6O2. The van der Waals surface area contributed by atoms with Crippen molar-refractivity contribution in [2.24, 2.45) is 0 Å². The Balaban J connectivity index is 1.56. The molecule has 4 N–H and O–H groups in total. The molecule has 0 saturated carbocycles. The molecule has 0 amide bonds. The Morgan fingerprint density at radius 2 is 2.03 bits per heavy atom. The highest BCUT2D eigenvalue weighted by Gasteiger charge is 2.21. The Labute approximate surface area is 177 Å². The number of hydrogen-bond acceptors (Lipinski definition) is 7. The van der Waals surface area contributed by atoms with Gasteiger partial charge in [-0.25, -0.2) is 9.37 Å². The Bertz CT molecular complexity index is 1260. The van der Waals surface area contributed by atoms with Crippen molar-refractivity contribution in [2.75, 3.05) is 11.9 Å². The molecule has 0 saturated heterocycles. The van der Waals surface area contributed by atoms with Crippen LogP contribution in [-0.2, 0) is 19.5 Å². The van der Waals surface area contributed by atoms with Gasteiger partial charge in [-0.2, -0.15) is 14.8 Å². The van der Waals surface area contributed by atoms with Gasteiger partial charge in [0.05, 0.1) is 17.4 Å². The summed E-state index contributed by atoms with van der Waals surface area (Å²) in [7, 11) is -1.60. The van der Waals surface area contributed by atoms with E-state index in [-0.39, 0.29) is 5.82 Å². The van der Waals surface area contributed by atoms with Gasteiger partial charge in [-0.15, -0.1) is 0 Å². The number of hydrogen-bond donors (Lipinski definition) is 4. The fourth-order valence-corrected chi connectivity index (χ4v) is 3.86. The van der Waals surface area contributed by atoms with Gasteiger partial charge in [0, 0.05) is 37.0 Å². The maximum Gasteiger partial charge on any atom is 0.489 e. The van der Waals surface area contributed by atoms with E-state index in [1.54, 1.807) is 29.1 Å². The fraction of sp³-hybridized carbons (Fsp3) is 0.190. The third-order valence-corrected chi connectivity index (χ3v) is 5.39. The zero-order chi connectivity index (χ0) is 21.4. The lowest BCUT2D eigenvalue weighted by Gasteiger charge is -2.21. The molecule has 0 radical (unpaired) electrons. The first-order valence-corrected chi connectivity index (χ1v) is 10.0. The minimum Gasteiger partial charge on any atom is -0.423 e. The Morgan fingerprint density at radius 3 is 2.87 bits per heavy atom. The lowest BCUT2D eigenvalue weighted by molar-refractivity contribution is 0.426. The molecule has 0 aliphatic carbocycles. The minimum atomic E-state index is -1.60. The van der Waals surface area contributed by atoms with Gasteiger partial charge in [0.25, 0.3) is 5.95 Å². The monoisotopic (exact) mass is 418 g/mol. The van der Waals surface area contributed by atoms with Gasteiger partial charge in [-0.05, 0) is 29.2 Å². The molecule has 0 unspecified atom stereocenters. The van der Waals surface area contributed by atoms with Crippen molar-refractivity contribution in [3.8, 4) is 5.95 Å². The highest BCUT2D eigenvalue weighted by atomic mass is 19.1. The number of rotatable bonds is 5. The molecule has 0 fully saturated rings. The third kappa shape index (κ3) is 3.76. The van der Waals surface area contributed by atoms with E-state index in [1.165, 1.54) is 12.1 Å². The van der Waals surface area contributed by atoms with Gasteiger partial charge in [0.15, 0.2) is 0 Å². The standard InChI is InChI=1S/C21H20BFN6O2/c23-14-4-1-3-13(9-14)10-25-20-16-11-24-8-7-18(16)27-21(28-20)29-19-6-2-5-17(22(30)31)15(19)12-26-29/h1-6,9,12,24,30-31H,7-8,10-11H2,(H,25,27,28). The quantitative estimate of drug-likeness (QED) is 0.357. The summed E-state index contributed by atoms with van der Waals surface area (Å²) in [4.78, 5) is 9.44. The van der Waals surface area contributed by atoms with E-state index >= 15 is 0 Å². The van der Waals surface area contributed by atoms with Gasteiger partial charge >= 0.3 is 7.12 Å². The number of nitrogens with zero attached hydrogens (tertiary/aromatic N) is 4. The molecule has 1 aliphatic rings. The third-order valence-electron chi connectivity index (χ3n) is 5.39. The van der Waals surface area contributed by atoms with Crippen molar-refractivity contribution in [3.63, 3.8) is 0 Å². The highest BCUT2D eigenvalue weighted by molar-refractivity contribution is 6.61. The molecule has 0 atom stereocenters. The van der Waals surface area contributed by atoms with Crippen molar-refractivity contribution >= 4 is 29.3 Å². The highest BCUT2D eigenvalue weighted by Crippen LogP contribution is 2.24. The topological polar surface area (TPSA) is 108 Å². The summed E-state index contributed by atoms with van der Waals surface area (Å²) in [6, 6.07) is 11.6. The fourth-order valence-electron chi connectivity index (χ4n) is 3.86. The molecule has 3 heterocycles. The Hall–Kier alpha value is -3.34. The second kappa shape index (κ2) is 8.07. The van der Waals surface area contributed by atoms with E-state index in [0.717, 1.165) is 29.8 Å². The van der Waals surface area contributed by atoms with Gasteiger partial charge in [0.2, 0.25) is 0 Å². The molecule has 156 valence electrons. The molecule has 1 aliphatic heterocycles. The molecule has 4 aromatic rings. The number of anilines is 1. The molecule has 31 heavy (non-hydrogen) atoms. The summed E-state index contributed by atoms with van der Waals surface area (Å²) < 4.78 is 15.1. The van der Waals surface area contributed by atoms with Crippen LogP contribution in [0.5, 0.6) is 0 Å². The molecule has 2 aromatic heterocycles. The molecule has 8 nitrogen and oxygen atoms in total. The number of halogens is 1. The van der Waals surface area contributed by atoms with E-state index in [9.17, 15) is 14.4 Å². The predicted octanol–water partition coefficient (Wildman–Crippen LogP) is 0.892. The van der Waals surface area contributed by atoms with Crippen LogP contribution in [0, 0.1) is 5.82 Å². The second-order valence-electron chi connectivity index (χ2n) is 7.42. The predicted molar refractivity (Wildman–Crippen MR) is 116 cm³/mol. The van der Waals surface area contributed by atoms with Crippen LogP contribution in [-0.4, -0.2) is 43.5 Å². The molecule has 5 rings (SSSR count). The van der Waals surface area contributed by atoms with Crippen LogP contribution >= 0.6 is 0 Å². The Kier molecular flexibility index (Phi) is 5.10. The minimum absolute atomic E-state index is 0.281. The van der Waals surface area contributed by atoms with Crippen molar-refractivity contribution in [3.05, 3.63) is 71.3 Å². The summed E-state index contributed by atoms with van der Waals surface area (Å²) in [6.07, 6.45) is 2.33. The SMILES string of the molecule is OB(O)c1cccc2c1cnn2-c1nc2c(c(NCc3cccc(F)c3)n1)CNCC2. The zero-order valence-electron chi connectivity index (χ0n) is 16.6. The largest absolute Gasteiger partial charge is 0.489 e. The second-order valence-corrected chi connectivity index (χ2v) is 7.42. The first kappa shape index (κ1) is 19.6. The van der Waals surface area contributed by atoms with E-state index in [4.69, 9.17) is 9.97 Å². The van der Waals surface area contributed by atoms with Crippen LogP contribution in [0.2, 0.25) is 0 Å². The summed E-state index contributed by atoms with van der Waals surface area (Å²) in [5, 5.41) is 31.0. The summed E-state index contributed by atoms with van der Waals surface area (Å²) in [5.41, 5.74) is 3.76.